The number of hydrogen-bond acceptors (Lipinski definition) is 4. The summed E-state index contributed by atoms with van der Waals surface area (Å²) in [7, 11) is 1.46. The van der Waals surface area contributed by atoms with Crippen molar-refractivity contribution in [1.29, 1.82) is 0 Å². The van der Waals surface area contributed by atoms with E-state index in [1.807, 2.05) is 6.07 Å². The Morgan fingerprint density at radius 2 is 2.11 bits per heavy atom. The van der Waals surface area contributed by atoms with Crippen LogP contribution < -0.4 is 4.90 Å². The Kier molecular flexibility index (Phi) is 3.99. The first kappa shape index (κ1) is 13.3. The van der Waals surface area contributed by atoms with Gasteiger partial charge in [0.1, 0.15) is 12.2 Å². The zero-order valence-corrected chi connectivity index (χ0v) is 10.9. The number of carboxylic acid groups (broad SMARTS) is 1. The molecule has 0 unspecified atom stereocenters. The number of nitrogens with zero attached hydrogens (tertiary/aromatic N) is 3. The van der Waals surface area contributed by atoms with Crippen molar-refractivity contribution in [3.63, 3.8) is 0 Å². The third kappa shape index (κ3) is 3.21. The largest absolute Gasteiger partial charge is 0.480 e. The molecule has 0 aromatic carbocycles. The van der Waals surface area contributed by atoms with Gasteiger partial charge in [-0.3, -0.25) is 14.6 Å². The van der Waals surface area contributed by atoms with Gasteiger partial charge in [-0.15, -0.1) is 0 Å². The summed E-state index contributed by atoms with van der Waals surface area (Å²) in [5, 5.41) is 8.68. The minimum atomic E-state index is -1.04. The molecule has 0 radical (unpaired) electrons. The molecule has 1 aromatic heterocycles. The number of rotatable bonds is 4. The summed E-state index contributed by atoms with van der Waals surface area (Å²) >= 11 is 0. The van der Waals surface area contributed by atoms with E-state index in [0.29, 0.717) is 0 Å². The Balaban J connectivity index is 2.13. The maximum Gasteiger partial charge on any atom is 0.323 e. The average Bonchev–Trinajstić information content (AvgIpc) is 2.91. The Bertz CT molecular complexity index is 484. The second kappa shape index (κ2) is 5.69. The fourth-order valence-electron chi connectivity index (χ4n) is 2.18. The molecule has 2 rings (SSSR count). The highest BCUT2D eigenvalue weighted by Gasteiger charge is 2.18. The smallest absolute Gasteiger partial charge is 0.323 e. The van der Waals surface area contributed by atoms with E-state index in [1.165, 1.54) is 7.05 Å². The lowest BCUT2D eigenvalue weighted by molar-refractivity contribution is -0.137. The van der Waals surface area contributed by atoms with Crippen molar-refractivity contribution in [1.82, 2.24) is 9.88 Å². The van der Waals surface area contributed by atoms with Crippen LogP contribution in [0.1, 0.15) is 23.3 Å². The van der Waals surface area contributed by atoms with Crippen LogP contribution in [0.25, 0.3) is 0 Å². The first-order valence-electron chi connectivity index (χ1n) is 6.26. The molecule has 6 nitrogen and oxygen atoms in total. The predicted molar refractivity (Wildman–Crippen MR) is 70.3 cm³/mol. The molecule has 1 N–H and O–H groups in total. The quantitative estimate of drug-likeness (QED) is 0.871. The van der Waals surface area contributed by atoms with Crippen LogP contribution in [0.2, 0.25) is 0 Å². The predicted octanol–water partition coefficient (Wildman–Crippen LogP) is 0.838. The molecule has 0 bridgehead atoms. The Hall–Kier alpha value is -2.11. The summed E-state index contributed by atoms with van der Waals surface area (Å²) in [5.74, 6) is -1.41. The van der Waals surface area contributed by atoms with Crippen LogP contribution in [-0.4, -0.2) is 53.5 Å². The third-order valence-electron chi connectivity index (χ3n) is 3.15. The average molecular weight is 263 g/mol. The van der Waals surface area contributed by atoms with E-state index in [1.54, 1.807) is 12.3 Å². The van der Waals surface area contributed by atoms with E-state index in [2.05, 4.69) is 9.88 Å². The van der Waals surface area contributed by atoms with Gasteiger partial charge < -0.3 is 14.9 Å². The number of anilines is 1. The van der Waals surface area contributed by atoms with Crippen LogP contribution in [0.15, 0.2) is 18.3 Å². The molecule has 1 aliphatic heterocycles. The Labute approximate surface area is 111 Å². The molecule has 1 saturated heterocycles. The number of carboxylic acids is 1. The Morgan fingerprint density at radius 3 is 2.74 bits per heavy atom. The van der Waals surface area contributed by atoms with Crippen molar-refractivity contribution in [3.8, 4) is 0 Å². The van der Waals surface area contributed by atoms with E-state index in [-0.39, 0.29) is 18.1 Å². The van der Waals surface area contributed by atoms with Gasteiger partial charge in [-0.25, -0.2) is 0 Å². The summed E-state index contributed by atoms with van der Waals surface area (Å²) in [4.78, 5) is 30.0. The van der Waals surface area contributed by atoms with E-state index in [0.717, 1.165) is 36.5 Å². The van der Waals surface area contributed by atoms with E-state index < -0.39 is 5.97 Å². The normalized spacial score (nSPS) is 14.5. The van der Waals surface area contributed by atoms with Gasteiger partial charge in [0.05, 0.1) is 0 Å². The van der Waals surface area contributed by atoms with E-state index in [9.17, 15) is 9.59 Å². The monoisotopic (exact) mass is 263 g/mol. The standard InChI is InChI=1S/C13H17N3O3/c1-15(9-12(17)18)13(19)11-8-10(4-5-14-11)16-6-2-3-7-16/h4-5,8H,2-3,6-7,9H2,1H3,(H,17,18). The minimum absolute atomic E-state index is 0.285. The highest BCUT2D eigenvalue weighted by atomic mass is 16.4. The zero-order valence-electron chi connectivity index (χ0n) is 10.9. The fraction of sp³-hybridized carbons (Fsp3) is 0.462. The molecule has 0 saturated carbocycles. The molecule has 2 heterocycles. The summed E-state index contributed by atoms with van der Waals surface area (Å²) in [6.07, 6.45) is 3.91. The maximum atomic E-state index is 12.0. The van der Waals surface area contributed by atoms with Crippen molar-refractivity contribution in [2.45, 2.75) is 12.8 Å². The zero-order chi connectivity index (χ0) is 13.8. The molecule has 0 spiro atoms. The van der Waals surface area contributed by atoms with Crippen LogP contribution in [0.4, 0.5) is 5.69 Å². The molecule has 0 atom stereocenters. The van der Waals surface area contributed by atoms with Crippen LogP contribution in [-0.2, 0) is 4.79 Å². The topological polar surface area (TPSA) is 73.7 Å². The number of likely N-dealkylation sites (N-methyl/N-ethyl adjacent to an activating group) is 1. The summed E-state index contributed by atoms with van der Waals surface area (Å²) in [6.45, 7) is 1.65. The number of hydrogen-bond donors (Lipinski definition) is 1. The van der Waals surface area contributed by atoms with Gasteiger partial charge in [0, 0.05) is 32.0 Å². The van der Waals surface area contributed by atoms with Crippen LogP contribution in [0.3, 0.4) is 0 Å². The number of aliphatic carboxylic acids is 1. The number of carbonyl (C=O) groups is 2. The first-order valence-corrected chi connectivity index (χ1v) is 6.26. The van der Waals surface area contributed by atoms with Crippen LogP contribution >= 0.6 is 0 Å². The number of amides is 1. The van der Waals surface area contributed by atoms with Crippen molar-refractivity contribution < 1.29 is 14.7 Å². The molecule has 6 heteroatoms. The molecular formula is C13H17N3O3. The van der Waals surface area contributed by atoms with Gasteiger partial charge in [0.2, 0.25) is 0 Å². The number of carbonyl (C=O) groups excluding carboxylic acids is 1. The van der Waals surface area contributed by atoms with Gasteiger partial charge >= 0.3 is 5.97 Å². The number of pyridine rings is 1. The second-order valence-corrected chi connectivity index (χ2v) is 4.65. The third-order valence-corrected chi connectivity index (χ3v) is 3.15. The molecule has 1 aromatic rings. The minimum Gasteiger partial charge on any atom is -0.480 e. The van der Waals surface area contributed by atoms with E-state index >= 15 is 0 Å². The molecule has 0 aliphatic carbocycles. The molecule has 1 amide bonds. The van der Waals surface area contributed by atoms with Gasteiger partial charge in [-0.1, -0.05) is 0 Å². The highest BCUT2D eigenvalue weighted by molar-refractivity contribution is 5.94. The highest BCUT2D eigenvalue weighted by Crippen LogP contribution is 2.20. The van der Waals surface area contributed by atoms with E-state index in [4.69, 9.17) is 5.11 Å². The molecule has 1 aliphatic rings. The van der Waals surface area contributed by atoms with Gasteiger partial charge in [0.15, 0.2) is 0 Å². The van der Waals surface area contributed by atoms with Crippen molar-refractivity contribution in [2.75, 3.05) is 31.6 Å². The molecule has 102 valence electrons. The molecule has 1 fully saturated rings. The van der Waals surface area contributed by atoms with Crippen molar-refractivity contribution in [2.24, 2.45) is 0 Å². The summed E-state index contributed by atoms with van der Waals surface area (Å²) in [6, 6.07) is 3.60. The van der Waals surface area contributed by atoms with Crippen LogP contribution in [0, 0.1) is 0 Å². The molecular weight excluding hydrogens is 246 g/mol. The van der Waals surface area contributed by atoms with Crippen molar-refractivity contribution >= 4 is 17.6 Å². The van der Waals surface area contributed by atoms with Crippen molar-refractivity contribution in [3.05, 3.63) is 24.0 Å². The summed E-state index contributed by atoms with van der Waals surface area (Å²) < 4.78 is 0. The fourth-order valence-corrected chi connectivity index (χ4v) is 2.18. The Morgan fingerprint density at radius 1 is 1.42 bits per heavy atom. The van der Waals surface area contributed by atoms with Gasteiger partial charge in [-0.05, 0) is 25.0 Å². The maximum absolute atomic E-state index is 12.0. The lowest BCUT2D eigenvalue weighted by Gasteiger charge is -2.19. The summed E-state index contributed by atoms with van der Waals surface area (Å²) in [5.41, 5.74) is 1.26. The van der Waals surface area contributed by atoms with Gasteiger partial charge in [0.25, 0.3) is 5.91 Å². The molecule has 19 heavy (non-hydrogen) atoms. The SMILES string of the molecule is CN(CC(=O)O)C(=O)c1cc(N2CCCC2)ccn1. The lowest BCUT2D eigenvalue weighted by Crippen LogP contribution is -2.32. The second-order valence-electron chi connectivity index (χ2n) is 4.65. The first-order chi connectivity index (χ1) is 9.08. The lowest BCUT2D eigenvalue weighted by atomic mass is 10.2. The number of aromatic nitrogens is 1. The van der Waals surface area contributed by atoms with Crippen LogP contribution in [0.5, 0.6) is 0 Å². The van der Waals surface area contributed by atoms with Gasteiger partial charge in [-0.2, -0.15) is 0 Å².